The number of ether oxygens (including phenoxy) is 2. The number of guanidine groups is 1. The summed E-state index contributed by atoms with van der Waals surface area (Å²) in [6, 6.07) is 6.07. The van der Waals surface area contributed by atoms with Gasteiger partial charge in [0, 0.05) is 25.3 Å². The molecule has 0 saturated heterocycles. The van der Waals surface area contributed by atoms with Crippen LogP contribution in [-0.2, 0) is 16.1 Å². The lowest BCUT2D eigenvalue weighted by atomic mass is 10.1. The maximum Gasteiger partial charge on any atom is 0.239 e. The Morgan fingerprint density at radius 2 is 1.93 bits per heavy atom. The fourth-order valence-corrected chi connectivity index (χ4v) is 2.28. The Balaban J connectivity index is 2.69. The fraction of sp³-hybridized carbons (Fsp3) is 0.600. The number of hydrogen-bond donors (Lipinski definition) is 3. The molecule has 0 saturated carbocycles. The highest BCUT2D eigenvalue weighted by atomic mass is 16.5. The molecule has 0 fully saturated rings. The summed E-state index contributed by atoms with van der Waals surface area (Å²) in [5.74, 6) is 1.37. The van der Waals surface area contributed by atoms with Crippen LogP contribution in [0.25, 0.3) is 0 Å². The van der Waals surface area contributed by atoms with Crippen LogP contribution in [0, 0.1) is 6.92 Å². The van der Waals surface area contributed by atoms with E-state index in [2.05, 4.69) is 20.9 Å². The second-order valence-corrected chi connectivity index (χ2v) is 6.06. The highest BCUT2D eigenvalue weighted by Gasteiger charge is 2.06. The van der Waals surface area contributed by atoms with Crippen LogP contribution in [0.1, 0.15) is 38.3 Å². The molecule has 1 aromatic rings. The minimum absolute atomic E-state index is 0.0438. The van der Waals surface area contributed by atoms with Gasteiger partial charge < -0.3 is 25.4 Å². The Kier molecular flexibility index (Phi) is 11.7. The van der Waals surface area contributed by atoms with Gasteiger partial charge in [-0.1, -0.05) is 19.1 Å². The van der Waals surface area contributed by atoms with Crippen LogP contribution in [0.4, 0.5) is 0 Å². The molecule has 1 amide bonds. The summed E-state index contributed by atoms with van der Waals surface area (Å²) >= 11 is 0. The van der Waals surface area contributed by atoms with E-state index in [1.165, 1.54) is 0 Å². The minimum Gasteiger partial charge on any atom is -0.491 e. The minimum atomic E-state index is -0.0438. The third kappa shape index (κ3) is 9.84. The van der Waals surface area contributed by atoms with Gasteiger partial charge in [0.25, 0.3) is 0 Å². The zero-order chi connectivity index (χ0) is 19.9. The molecule has 1 aromatic carbocycles. The molecule has 152 valence electrons. The average Bonchev–Trinajstić information content (AvgIpc) is 2.66. The van der Waals surface area contributed by atoms with E-state index in [1.54, 1.807) is 0 Å². The van der Waals surface area contributed by atoms with Gasteiger partial charge in [-0.3, -0.25) is 4.79 Å². The highest BCUT2D eigenvalue weighted by molar-refractivity contribution is 5.86. The van der Waals surface area contributed by atoms with Gasteiger partial charge in [-0.05, 0) is 38.8 Å². The molecule has 27 heavy (non-hydrogen) atoms. The van der Waals surface area contributed by atoms with Gasteiger partial charge in [0.05, 0.1) is 19.7 Å². The Bertz CT molecular complexity index is 591. The van der Waals surface area contributed by atoms with E-state index in [9.17, 15) is 4.79 Å². The van der Waals surface area contributed by atoms with Gasteiger partial charge >= 0.3 is 0 Å². The van der Waals surface area contributed by atoms with Crippen LogP contribution >= 0.6 is 0 Å². The summed E-state index contributed by atoms with van der Waals surface area (Å²) < 4.78 is 11.2. The predicted octanol–water partition coefficient (Wildman–Crippen LogP) is 1.99. The van der Waals surface area contributed by atoms with Crippen molar-refractivity contribution in [3.05, 3.63) is 29.3 Å². The fourth-order valence-electron chi connectivity index (χ4n) is 2.28. The summed E-state index contributed by atoms with van der Waals surface area (Å²) in [5, 5.41) is 9.05. The molecule has 7 nitrogen and oxygen atoms in total. The Morgan fingerprint density at radius 3 is 2.63 bits per heavy atom. The second-order valence-electron chi connectivity index (χ2n) is 6.06. The van der Waals surface area contributed by atoms with E-state index in [0.717, 1.165) is 23.3 Å². The number of nitrogens with one attached hydrogen (secondary N) is 3. The molecule has 0 aliphatic heterocycles. The Labute approximate surface area is 162 Å². The van der Waals surface area contributed by atoms with Crippen LogP contribution < -0.4 is 20.7 Å². The summed E-state index contributed by atoms with van der Waals surface area (Å²) in [4.78, 5) is 16.3. The summed E-state index contributed by atoms with van der Waals surface area (Å²) in [5.41, 5.74) is 2.12. The molecule has 0 radical (unpaired) electrons. The monoisotopic (exact) mass is 378 g/mol. The number of aryl methyl sites for hydroxylation is 1. The summed E-state index contributed by atoms with van der Waals surface area (Å²) in [6.45, 7) is 11.8. The number of carbonyl (C=O) groups excluding carboxylic acids is 1. The van der Waals surface area contributed by atoms with Gasteiger partial charge in [-0.2, -0.15) is 0 Å². The first-order valence-electron chi connectivity index (χ1n) is 9.69. The molecule has 0 heterocycles. The lowest BCUT2D eigenvalue weighted by Gasteiger charge is -2.13. The predicted molar refractivity (Wildman–Crippen MR) is 109 cm³/mol. The van der Waals surface area contributed by atoms with Crippen molar-refractivity contribution in [2.24, 2.45) is 4.99 Å². The van der Waals surface area contributed by atoms with Crippen molar-refractivity contribution in [3.8, 4) is 5.75 Å². The van der Waals surface area contributed by atoms with Gasteiger partial charge in [-0.15, -0.1) is 0 Å². The van der Waals surface area contributed by atoms with Crippen molar-refractivity contribution in [2.45, 2.75) is 40.7 Å². The van der Waals surface area contributed by atoms with Gasteiger partial charge in [0.15, 0.2) is 5.96 Å². The van der Waals surface area contributed by atoms with Crippen molar-refractivity contribution in [2.75, 3.05) is 39.5 Å². The van der Waals surface area contributed by atoms with E-state index < -0.39 is 0 Å². The van der Waals surface area contributed by atoms with Gasteiger partial charge in [-0.25, -0.2) is 4.99 Å². The molecular formula is C20H34N4O3. The van der Waals surface area contributed by atoms with Crippen molar-refractivity contribution in [1.29, 1.82) is 0 Å². The number of carbonyl (C=O) groups is 1. The number of hydrogen-bond acceptors (Lipinski definition) is 4. The number of nitrogens with zero attached hydrogens (tertiary/aromatic N) is 1. The van der Waals surface area contributed by atoms with Crippen molar-refractivity contribution in [3.63, 3.8) is 0 Å². The molecule has 3 N–H and O–H groups in total. The summed E-state index contributed by atoms with van der Waals surface area (Å²) in [6.07, 6.45) is 0.916. The van der Waals surface area contributed by atoms with E-state index in [1.807, 2.05) is 45.9 Å². The standard InChI is InChI=1S/C20H34N4O3/c1-5-10-22-19(25)15-24-20(21-6-2)23-14-17-9-8-16(4)13-18(17)27-12-11-26-7-3/h8-9,13H,5-7,10-12,14-15H2,1-4H3,(H,22,25)(H2,21,23,24). The largest absolute Gasteiger partial charge is 0.491 e. The molecule has 0 aromatic heterocycles. The molecule has 0 atom stereocenters. The van der Waals surface area contributed by atoms with Crippen LogP contribution in [0.3, 0.4) is 0 Å². The first-order valence-corrected chi connectivity index (χ1v) is 9.69. The van der Waals surface area contributed by atoms with Crippen molar-refractivity contribution in [1.82, 2.24) is 16.0 Å². The zero-order valence-corrected chi connectivity index (χ0v) is 17.1. The number of aliphatic imine (C=N–C) groups is 1. The number of rotatable bonds is 12. The van der Waals surface area contributed by atoms with E-state index in [0.29, 0.717) is 45.4 Å². The lowest BCUT2D eigenvalue weighted by molar-refractivity contribution is -0.120. The van der Waals surface area contributed by atoms with Gasteiger partial charge in [0.1, 0.15) is 12.4 Å². The third-order valence-corrected chi connectivity index (χ3v) is 3.65. The normalized spacial score (nSPS) is 11.2. The van der Waals surface area contributed by atoms with Crippen LogP contribution in [0.2, 0.25) is 0 Å². The second kappa shape index (κ2) is 13.9. The Morgan fingerprint density at radius 1 is 1.11 bits per heavy atom. The maximum atomic E-state index is 11.8. The first kappa shape index (κ1) is 22.8. The van der Waals surface area contributed by atoms with Crippen molar-refractivity contribution < 1.29 is 14.3 Å². The topological polar surface area (TPSA) is 84.0 Å². The van der Waals surface area contributed by atoms with Crippen molar-refractivity contribution >= 4 is 11.9 Å². The summed E-state index contributed by atoms with van der Waals surface area (Å²) in [7, 11) is 0. The average molecular weight is 379 g/mol. The first-order chi connectivity index (χ1) is 13.1. The Hall–Kier alpha value is -2.28. The van der Waals surface area contributed by atoms with Crippen LogP contribution in [0.5, 0.6) is 5.75 Å². The zero-order valence-electron chi connectivity index (χ0n) is 17.1. The lowest BCUT2D eigenvalue weighted by Crippen LogP contribution is -2.43. The SMILES string of the molecule is CCCNC(=O)CNC(=NCc1ccc(C)cc1OCCOCC)NCC. The smallest absolute Gasteiger partial charge is 0.239 e. The van der Waals surface area contributed by atoms with E-state index in [-0.39, 0.29) is 12.5 Å². The third-order valence-electron chi connectivity index (χ3n) is 3.65. The molecule has 0 spiro atoms. The molecular weight excluding hydrogens is 344 g/mol. The highest BCUT2D eigenvalue weighted by Crippen LogP contribution is 2.21. The molecule has 7 heteroatoms. The number of benzene rings is 1. The maximum absolute atomic E-state index is 11.8. The van der Waals surface area contributed by atoms with Gasteiger partial charge in [0.2, 0.25) is 5.91 Å². The molecule has 0 aliphatic rings. The molecule has 0 aliphatic carbocycles. The van der Waals surface area contributed by atoms with Crippen LogP contribution in [-0.4, -0.2) is 51.3 Å². The van der Waals surface area contributed by atoms with Crippen LogP contribution in [0.15, 0.2) is 23.2 Å². The number of amides is 1. The molecule has 0 bridgehead atoms. The van der Waals surface area contributed by atoms with E-state index >= 15 is 0 Å². The molecule has 1 rings (SSSR count). The quantitative estimate of drug-likeness (QED) is 0.294. The molecule has 0 unspecified atom stereocenters. The van der Waals surface area contributed by atoms with E-state index in [4.69, 9.17) is 9.47 Å².